The largest absolute Gasteiger partial charge is 0.497 e. The highest BCUT2D eigenvalue weighted by molar-refractivity contribution is 6.30. The van der Waals surface area contributed by atoms with Crippen LogP contribution in [-0.2, 0) is 26.0 Å². The summed E-state index contributed by atoms with van der Waals surface area (Å²) in [5.74, 6) is 7.78. The van der Waals surface area contributed by atoms with E-state index in [1.807, 2.05) is 224 Å². The Kier molecular flexibility index (Phi) is 26.8. The third-order valence-electron chi connectivity index (χ3n) is 18.6. The second-order valence-electron chi connectivity index (χ2n) is 27.6. The van der Waals surface area contributed by atoms with Crippen molar-refractivity contribution in [3.63, 3.8) is 0 Å². The van der Waals surface area contributed by atoms with Gasteiger partial charge in [-0.2, -0.15) is 38.1 Å². The van der Waals surface area contributed by atoms with E-state index in [4.69, 9.17) is 103 Å². The third kappa shape index (κ3) is 21.8. The van der Waals surface area contributed by atoms with Crippen molar-refractivity contribution in [2.75, 3.05) is 89.2 Å². The lowest BCUT2D eigenvalue weighted by Gasteiger charge is -2.15. The minimum Gasteiger partial charge on any atom is -0.497 e. The molecule has 0 saturated heterocycles. The van der Waals surface area contributed by atoms with Crippen LogP contribution in [0.25, 0.3) is 71.1 Å². The highest BCUT2D eigenvalue weighted by Gasteiger charge is 2.30. The van der Waals surface area contributed by atoms with Crippen molar-refractivity contribution >= 4 is 147 Å². The third-order valence-corrected chi connectivity index (χ3v) is 18.8. The Morgan fingerprint density at radius 2 is 0.704 bits per heavy atom. The molecule has 7 aromatic heterocycles. The summed E-state index contributed by atoms with van der Waals surface area (Å²) in [6.45, 7) is 3.00. The van der Waals surface area contributed by atoms with Crippen LogP contribution in [0.2, 0.25) is 5.02 Å². The SMILES string of the molecule is CN(C)c1cccc(Oc2cccc3nc(N)nc(N)c23)c1.COc1ccc(Oc2cccc3ncnc(N)c23)cc1.Cc1ccc(COc2cccc3nc(N)nc(N)c23)cc1.Nc1nc(N)c2c(-n3cccc3)cccc2n1.Nc1nc(N)c2c(OCc3ccc(C(F)(F)F)cc3)cccc2n1.Nc1nc(N)c2c(OCc3ccc(Cl)cc3)cccc2n1. The molecule has 0 radical (unpaired) electrons. The zero-order chi connectivity index (χ0) is 88.4. The van der Waals surface area contributed by atoms with E-state index in [1.165, 1.54) is 24.0 Å². The Morgan fingerprint density at radius 1 is 0.352 bits per heavy atom. The van der Waals surface area contributed by atoms with Gasteiger partial charge in [0.1, 0.15) is 107 Å². The fourth-order valence-corrected chi connectivity index (χ4v) is 12.7. The number of ether oxygens (including phenoxy) is 6. The van der Waals surface area contributed by atoms with Crippen molar-refractivity contribution < 1.29 is 41.6 Å². The molecule has 0 bridgehead atoms. The van der Waals surface area contributed by atoms with Gasteiger partial charge in [0, 0.05) is 43.3 Å². The molecular weight excluding hydrogens is 1620 g/mol. The summed E-state index contributed by atoms with van der Waals surface area (Å²) in [6, 6.07) is 72.4. The zero-order valence-corrected chi connectivity index (χ0v) is 68.3. The van der Waals surface area contributed by atoms with Gasteiger partial charge in [0.05, 0.1) is 83.8 Å². The molecule has 0 aliphatic carbocycles. The molecule has 31 nitrogen and oxygen atoms in total. The molecule has 11 aromatic carbocycles. The normalized spacial score (nSPS) is 10.8. The number of nitrogens with zero attached hydrogens (tertiary/aromatic N) is 14. The van der Waals surface area contributed by atoms with Gasteiger partial charge in [0.2, 0.25) is 29.7 Å². The molecule has 7 heterocycles. The molecule has 18 rings (SSSR count). The molecule has 22 N–H and O–H groups in total. The van der Waals surface area contributed by atoms with Gasteiger partial charge >= 0.3 is 6.18 Å². The van der Waals surface area contributed by atoms with Crippen LogP contribution in [-0.4, -0.2) is 85.6 Å². The standard InChI is InChI=1S/C16H13F3N4O.C16H17N5O.C16H16N4O.C15H13ClN4O.C15H13N3O2.C12H11N5/c17-16(18,19)10-6-4-9(5-7-10)8-24-12-3-1-2-11-13(12)14(20)23-15(21)22-11;1-21(2)10-5-3-6-11(9-10)22-13-8-4-7-12-14(13)15(17)20-16(18)19-12;1-10-5-7-11(8-6-10)9-21-13-4-2-3-12-14(13)15(17)20-16(18)19-12;16-10-6-4-9(5-7-10)8-21-12-3-1-2-11-13(12)14(17)20-15(18)19-11;1-19-10-5-7-11(8-6-10)20-13-4-2-3-12-14(13)15(16)18-9-17-12;13-11-10-8(15-12(14)16-11)4-3-5-9(10)17-6-1-2-7-17/h1-7H,8H2,(H4,20,21,22,23);3-9H,1-2H3,(H4,17,18,19,20);2-8H,9H2,1H3,(H4,17,18,19,20);1-7H,8H2,(H4,17,18,19,20);2-9H,1H3,(H2,16,17,18);1-7H,(H4,13,14,15,16). The maximum absolute atomic E-state index is 12.6. The van der Waals surface area contributed by atoms with E-state index in [2.05, 4.69) is 78.9 Å². The molecule has 125 heavy (non-hydrogen) atoms. The fraction of sp³-hybridized carbons (Fsp3) is 0.0889. The van der Waals surface area contributed by atoms with Gasteiger partial charge in [-0.3, -0.25) is 0 Å². The lowest BCUT2D eigenvalue weighted by molar-refractivity contribution is -0.137. The highest BCUT2D eigenvalue weighted by Crippen LogP contribution is 2.38. The number of nitrogen functional groups attached to an aromatic ring is 11. The Hall–Kier alpha value is -16.8. The van der Waals surface area contributed by atoms with E-state index in [9.17, 15) is 13.2 Å². The lowest BCUT2D eigenvalue weighted by Crippen LogP contribution is -2.08. The lowest BCUT2D eigenvalue weighted by atomic mass is 10.1. The summed E-state index contributed by atoms with van der Waals surface area (Å²) in [5.41, 5.74) is 72.7. The minimum absolute atomic E-state index is 0.0555. The average Bonchev–Trinajstić information content (AvgIpc) is 1.78. The van der Waals surface area contributed by atoms with E-state index in [1.54, 1.807) is 25.3 Å². The Morgan fingerprint density at radius 3 is 1.13 bits per heavy atom. The number of aryl methyl sites for hydroxylation is 1. The van der Waals surface area contributed by atoms with Crippen LogP contribution in [0.5, 0.6) is 46.0 Å². The van der Waals surface area contributed by atoms with Crippen LogP contribution in [0.3, 0.4) is 0 Å². The fourth-order valence-electron chi connectivity index (χ4n) is 12.6. The molecule has 632 valence electrons. The Balaban J connectivity index is 0.000000129. The first-order chi connectivity index (χ1) is 60.2. The van der Waals surface area contributed by atoms with E-state index in [0.717, 1.165) is 62.6 Å². The van der Waals surface area contributed by atoms with Gasteiger partial charge < -0.3 is 101 Å². The van der Waals surface area contributed by atoms with Gasteiger partial charge in [0.15, 0.2) is 0 Å². The van der Waals surface area contributed by atoms with Gasteiger partial charge in [-0.05, 0) is 169 Å². The second kappa shape index (κ2) is 39.0. The number of alkyl halides is 3. The topological polar surface area (TPSA) is 504 Å². The number of nitrogens with two attached hydrogens (primary N) is 11. The number of hydrogen-bond donors (Lipinski definition) is 11. The maximum Gasteiger partial charge on any atom is 0.416 e. The molecule has 18 aromatic rings. The van der Waals surface area contributed by atoms with Crippen molar-refractivity contribution in [1.82, 2.24) is 64.4 Å². The molecule has 0 aliphatic rings. The quantitative estimate of drug-likeness (QED) is 0.0428. The van der Waals surface area contributed by atoms with Crippen molar-refractivity contribution in [3.8, 4) is 51.7 Å². The molecule has 0 amide bonds. The molecule has 0 atom stereocenters. The Bertz CT molecular complexity index is 6670. The number of rotatable bonds is 16. The number of halogens is 4. The van der Waals surface area contributed by atoms with Crippen LogP contribution in [0, 0.1) is 6.92 Å². The molecule has 0 fully saturated rings. The summed E-state index contributed by atoms with van der Waals surface area (Å²) < 4.78 is 73.9. The number of hydrogen-bond acceptors (Lipinski definition) is 30. The summed E-state index contributed by atoms with van der Waals surface area (Å²) in [6.07, 6.45) is 0.977. The first-order valence-electron chi connectivity index (χ1n) is 38.0. The number of methoxy groups -OCH3 is 1. The molecule has 0 spiro atoms. The molecule has 0 aliphatic heterocycles. The van der Waals surface area contributed by atoms with Gasteiger partial charge in [0.25, 0.3) is 0 Å². The van der Waals surface area contributed by atoms with Crippen LogP contribution in [0.4, 0.5) is 83.5 Å². The van der Waals surface area contributed by atoms with Crippen molar-refractivity contribution in [2.24, 2.45) is 0 Å². The van der Waals surface area contributed by atoms with E-state index < -0.39 is 11.7 Å². The van der Waals surface area contributed by atoms with E-state index in [-0.39, 0.29) is 42.2 Å². The summed E-state index contributed by atoms with van der Waals surface area (Å²) >= 11 is 5.86. The first kappa shape index (κ1) is 86.1. The van der Waals surface area contributed by atoms with Crippen LogP contribution >= 0.6 is 11.6 Å². The average molecular weight is 1700 g/mol. The van der Waals surface area contributed by atoms with Crippen LogP contribution in [0.1, 0.15) is 27.8 Å². The number of anilines is 12. The number of benzene rings is 11. The van der Waals surface area contributed by atoms with Crippen LogP contribution < -0.4 is 96.4 Å². The Labute approximate surface area is 717 Å². The van der Waals surface area contributed by atoms with Crippen LogP contribution in [0.15, 0.2) is 261 Å². The summed E-state index contributed by atoms with van der Waals surface area (Å²) in [5, 5.41) is 4.76. The molecule has 0 saturated carbocycles. The van der Waals surface area contributed by atoms with Gasteiger partial charge in [-0.25, -0.2) is 34.9 Å². The minimum atomic E-state index is -4.36. The monoisotopic (exact) mass is 1700 g/mol. The zero-order valence-electron chi connectivity index (χ0n) is 67.5. The van der Waals surface area contributed by atoms with Crippen molar-refractivity contribution in [2.45, 2.75) is 32.9 Å². The van der Waals surface area contributed by atoms with Gasteiger partial charge in [-0.15, -0.1) is 0 Å². The highest BCUT2D eigenvalue weighted by atomic mass is 35.5. The number of fused-ring (bicyclic) bond motifs is 6. The maximum atomic E-state index is 12.6. The summed E-state index contributed by atoms with van der Waals surface area (Å²) in [7, 11) is 5.58. The van der Waals surface area contributed by atoms with Crippen molar-refractivity contribution in [3.05, 3.63) is 294 Å². The molecular formula is C90H83ClF3N25O6. The smallest absolute Gasteiger partial charge is 0.416 e. The van der Waals surface area contributed by atoms with E-state index in [0.29, 0.717) is 136 Å². The molecule has 35 heteroatoms. The van der Waals surface area contributed by atoms with Gasteiger partial charge in [-0.1, -0.05) is 108 Å². The first-order valence-corrected chi connectivity index (χ1v) is 38.4. The predicted octanol–water partition coefficient (Wildman–Crippen LogP) is 16.4. The second-order valence-corrected chi connectivity index (χ2v) is 28.0. The summed E-state index contributed by atoms with van der Waals surface area (Å²) in [4.78, 5) is 50.8. The van der Waals surface area contributed by atoms with E-state index >= 15 is 0 Å². The number of aromatic nitrogens is 13. The van der Waals surface area contributed by atoms with Crippen molar-refractivity contribution in [1.29, 1.82) is 0 Å². The molecule has 0 unspecified atom stereocenters. The predicted molar refractivity (Wildman–Crippen MR) is 486 cm³/mol.